The molecule has 0 saturated carbocycles. The molecule has 0 saturated heterocycles. The fourth-order valence-corrected chi connectivity index (χ4v) is 6.15. The second-order valence-corrected chi connectivity index (χ2v) is 13.8. The van der Waals surface area contributed by atoms with Crippen LogP contribution in [-0.4, -0.2) is 20.9 Å². The molecule has 0 bridgehead atoms. The number of aryl methyl sites for hydroxylation is 1. The van der Waals surface area contributed by atoms with Gasteiger partial charge in [-0.25, -0.2) is 4.98 Å². The van der Waals surface area contributed by atoms with Gasteiger partial charge in [-0.05, 0) is 55.0 Å². The molecule has 0 aliphatic heterocycles. The average Bonchev–Trinajstić information content (AvgIpc) is 3.50. The third-order valence-electron chi connectivity index (χ3n) is 10.6. The second kappa shape index (κ2) is 15.4. The van der Waals surface area contributed by atoms with Gasteiger partial charge in [0.05, 0.1) is 11.1 Å². The number of hydrogen-bond acceptors (Lipinski definition) is 5. The summed E-state index contributed by atoms with van der Waals surface area (Å²) in [6.45, 7) is 18.5. The number of ketones is 1. The smallest absolute Gasteiger partial charge is 0.164 e. The SMILES string of the molecule is CCC(C)(CC)C(=O)/C=C(\O)C(C)(CC)CC.Cc1cc2c(-c3[c-]ccc4c3oc3ccccc34)nc(C(C)C)nc2c2ccccc12.[Ir]. The minimum absolute atomic E-state index is 0. The molecule has 6 rings (SSSR count). The Morgan fingerprint density at radius 2 is 1.43 bits per heavy atom. The third-order valence-corrected chi connectivity index (χ3v) is 10.6. The van der Waals surface area contributed by atoms with Crippen LogP contribution < -0.4 is 0 Å². The summed E-state index contributed by atoms with van der Waals surface area (Å²) in [5.74, 6) is 1.32. The van der Waals surface area contributed by atoms with Crippen molar-refractivity contribution in [3.05, 3.63) is 96.0 Å². The van der Waals surface area contributed by atoms with Crippen LogP contribution in [0.1, 0.15) is 98.4 Å². The first kappa shape index (κ1) is 37.9. The molecule has 2 heterocycles. The summed E-state index contributed by atoms with van der Waals surface area (Å²) >= 11 is 0. The van der Waals surface area contributed by atoms with Gasteiger partial charge < -0.3 is 9.52 Å². The first-order chi connectivity index (χ1) is 22.9. The fourth-order valence-electron chi connectivity index (χ4n) is 6.15. The van der Waals surface area contributed by atoms with Crippen LogP contribution in [0.5, 0.6) is 0 Å². The van der Waals surface area contributed by atoms with Gasteiger partial charge in [-0.1, -0.05) is 115 Å². The summed E-state index contributed by atoms with van der Waals surface area (Å²) in [7, 11) is 0. The second-order valence-electron chi connectivity index (χ2n) is 13.8. The number of rotatable bonds is 9. The maximum atomic E-state index is 12.2. The minimum Gasteiger partial charge on any atom is -0.512 e. The maximum Gasteiger partial charge on any atom is 0.164 e. The van der Waals surface area contributed by atoms with E-state index < -0.39 is 0 Å². The zero-order valence-corrected chi connectivity index (χ0v) is 32.7. The van der Waals surface area contributed by atoms with Crippen molar-refractivity contribution in [1.82, 2.24) is 9.97 Å². The number of carbonyl (C=O) groups excluding carboxylic acids is 1. The number of nitrogens with zero attached hydrogens (tertiary/aromatic N) is 2. The third kappa shape index (κ3) is 7.23. The molecule has 0 unspecified atom stereocenters. The Bertz CT molecular complexity index is 2130. The summed E-state index contributed by atoms with van der Waals surface area (Å²) in [6, 6.07) is 26.3. The van der Waals surface area contributed by atoms with Gasteiger partial charge in [0.25, 0.3) is 0 Å². The van der Waals surface area contributed by atoms with Crippen LogP contribution in [-0.2, 0) is 24.9 Å². The Morgan fingerprint density at radius 3 is 2.04 bits per heavy atom. The van der Waals surface area contributed by atoms with Crippen LogP contribution in [0.25, 0.3) is 54.9 Å². The molecule has 0 amide bonds. The van der Waals surface area contributed by atoms with Crippen molar-refractivity contribution < 1.29 is 34.4 Å². The molecule has 259 valence electrons. The van der Waals surface area contributed by atoms with Crippen molar-refractivity contribution >= 4 is 49.4 Å². The van der Waals surface area contributed by atoms with Gasteiger partial charge in [0.15, 0.2) is 5.78 Å². The monoisotopic (exact) mass is 834 g/mol. The summed E-state index contributed by atoms with van der Waals surface area (Å²) in [5, 5.41) is 15.7. The number of carbonyl (C=O) groups is 1. The molecule has 5 nitrogen and oxygen atoms in total. The molecular weight excluding hydrogens is 785 g/mol. The van der Waals surface area contributed by atoms with E-state index in [2.05, 4.69) is 69.3 Å². The van der Waals surface area contributed by atoms with Gasteiger partial charge in [0.2, 0.25) is 0 Å². The Kier molecular flexibility index (Phi) is 11.9. The topological polar surface area (TPSA) is 76.2 Å². The maximum absolute atomic E-state index is 12.2. The van der Waals surface area contributed by atoms with Gasteiger partial charge in [0, 0.05) is 59.4 Å². The molecule has 0 spiro atoms. The van der Waals surface area contributed by atoms with E-state index in [0.29, 0.717) is 0 Å². The van der Waals surface area contributed by atoms with Crippen molar-refractivity contribution in [1.29, 1.82) is 0 Å². The Labute approximate surface area is 304 Å². The normalized spacial score (nSPS) is 12.4. The van der Waals surface area contributed by atoms with E-state index in [1.807, 2.05) is 65.8 Å². The van der Waals surface area contributed by atoms with E-state index in [0.717, 1.165) is 81.0 Å². The Morgan fingerprint density at radius 1 is 0.837 bits per heavy atom. The van der Waals surface area contributed by atoms with E-state index in [-0.39, 0.29) is 48.4 Å². The van der Waals surface area contributed by atoms with Crippen molar-refractivity contribution in [3.63, 3.8) is 0 Å². The molecule has 0 aliphatic rings. The molecule has 2 aromatic heterocycles. The van der Waals surface area contributed by atoms with Gasteiger partial charge >= 0.3 is 0 Å². The Hall–Kier alpha value is -3.86. The van der Waals surface area contributed by atoms with Crippen molar-refractivity contribution in [2.24, 2.45) is 10.8 Å². The number of fused-ring (bicyclic) bond motifs is 6. The zero-order chi connectivity index (χ0) is 34.8. The van der Waals surface area contributed by atoms with Crippen LogP contribution >= 0.6 is 0 Å². The first-order valence-corrected chi connectivity index (χ1v) is 17.4. The van der Waals surface area contributed by atoms with Crippen molar-refractivity contribution in [2.75, 3.05) is 0 Å². The molecule has 4 aromatic carbocycles. The molecule has 0 aliphatic carbocycles. The summed E-state index contributed by atoms with van der Waals surface area (Å²) in [6.07, 6.45) is 4.75. The number of para-hydroxylation sites is 1. The molecule has 49 heavy (non-hydrogen) atoms. The van der Waals surface area contributed by atoms with Gasteiger partial charge in [-0.3, -0.25) is 9.78 Å². The van der Waals surface area contributed by atoms with E-state index in [4.69, 9.17) is 14.4 Å². The number of aromatic nitrogens is 2. The average molecular weight is 834 g/mol. The van der Waals surface area contributed by atoms with E-state index in [1.165, 1.54) is 17.0 Å². The summed E-state index contributed by atoms with van der Waals surface area (Å²) in [4.78, 5) is 22.2. The Balaban J connectivity index is 0.000000260. The van der Waals surface area contributed by atoms with Crippen molar-refractivity contribution in [2.45, 2.75) is 93.9 Å². The molecular formula is C43H49IrN2O3-. The van der Waals surface area contributed by atoms with Gasteiger partial charge in [-0.2, -0.15) is 0 Å². The van der Waals surface area contributed by atoms with Crippen LogP contribution in [0.3, 0.4) is 0 Å². The zero-order valence-electron chi connectivity index (χ0n) is 30.3. The number of benzene rings is 4. The van der Waals surface area contributed by atoms with Gasteiger partial charge in [-0.15, -0.1) is 18.2 Å². The number of aliphatic hydroxyl groups is 1. The number of aliphatic hydroxyl groups excluding tert-OH is 1. The number of hydrogen-bond donors (Lipinski definition) is 1. The standard InChI is InChI=1S/C28H21N2O.C15H28O2.Ir/c1-16(2)28-29-25-20-11-5-4-9-18(20)17(3)15-23(25)26(30-28)22-13-8-12-21-19-10-6-7-14-24(19)31-27(21)22;1-7-14(5,8-2)12(16)11-13(17)15(6,9-3)10-4;/h4-12,14-16H,1-3H3;11,16H,7-10H2,1-6H3;/q-1;;/b;12-11-;. The summed E-state index contributed by atoms with van der Waals surface area (Å²) in [5.41, 5.74) is 5.06. The molecule has 1 radical (unpaired) electrons. The minimum atomic E-state index is -0.337. The first-order valence-electron chi connectivity index (χ1n) is 17.4. The molecule has 6 aromatic rings. The quantitative estimate of drug-likeness (QED) is 0.0679. The van der Waals surface area contributed by atoms with Crippen LogP contribution in [0, 0.1) is 23.8 Å². The van der Waals surface area contributed by atoms with Gasteiger partial charge in [0.1, 0.15) is 17.2 Å². The van der Waals surface area contributed by atoms with Crippen molar-refractivity contribution in [3.8, 4) is 11.3 Å². The largest absolute Gasteiger partial charge is 0.512 e. The number of furan rings is 1. The summed E-state index contributed by atoms with van der Waals surface area (Å²) < 4.78 is 6.31. The molecule has 0 fully saturated rings. The van der Waals surface area contributed by atoms with Crippen LogP contribution in [0.2, 0.25) is 0 Å². The predicted octanol–water partition coefficient (Wildman–Crippen LogP) is 12.2. The predicted molar refractivity (Wildman–Crippen MR) is 201 cm³/mol. The molecule has 1 N–H and O–H groups in total. The van der Waals surface area contributed by atoms with E-state index >= 15 is 0 Å². The molecule has 6 heteroatoms. The van der Waals surface area contributed by atoms with Crippen LogP contribution in [0.4, 0.5) is 0 Å². The van der Waals surface area contributed by atoms with E-state index in [9.17, 15) is 9.90 Å². The fraction of sp³-hybridized carbons (Fsp3) is 0.372. The number of allylic oxidation sites excluding steroid dienone is 2. The van der Waals surface area contributed by atoms with E-state index in [1.54, 1.807) is 0 Å². The van der Waals surface area contributed by atoms with Crippen LogP contribution in [0.15, 0.2) is 83.0 Å². The molecule has 0 atom stereocenters.